The normalized spacial score (nSPS) is 26.5. The molecule has 1 saturated heterocycles. The number of aromatic nitrogens is 1. The Labute approximate surface area is 224 Å². The van der Waals surface area contributed by atoms with Crippen LogP contribution >= 0.6 is 0 Å². The quantitative estimate of drug-likeness (QED) is 0.513. The third-order valence-electron chi connectivity index (χ3n) is 9.99. The summed E-state index contributed by atoms with van der Waals surface area (Å²) in [6.45, 7) is 7.95. The summed E-state index contributed by atoms with van der Waals surface area (Å²) >= 11 is 0. The molecule has 1 amide bonds. The van der Waals surface area contributed by atoms with E-state index in [0.717, 1.165) is 54.1 Å². The number of hydrogen-bond donors (Lipinski definition) is 1. The fourth-order valence-electron chi connectivity index (χ4n) is 8.06. The van der Waals surface area contributed by atoms with Gasteiger partial charge in [0, 0.05) is 29.6 Å². The Balaban J connectivity index is 1.34. The Hall–Kier alpha value is -3.25. The lowest BCUT2D eigenvalue weighted by Crippen LogP contribution is -2.62. The Morgan fingerprint density at radius 2 is 2.00 bits per heavy atom. The number of carbonyl (C=O) groups excluding carboxylic acids is 1. The maximum atomic E-state index is 14.1. The van der Waals surface area contributed by atoms with Crippen molar-refractivity contribution < 1.29 is 14.3 Å². The molecule has 3 heterocycles. The topological polar surface area (TPSA) is 57.8 Å². The largest absolute Gasteiger partial charge is 0.493 e. The van der Waals surface area contributed by atoms with E-state index >= 15 is 0 Å². The van der Waals surface area contributed by atoms with Crippen LogP contribution in [-0.4, -0.2) is 53.5 Å². The third kappa shape index (κ3) is 3.07. The molecule has 2 aromatic carbocycles. The number of fused-ring (bicyclic) bond motifs is 2. The summed E-state index contributed by atoms with van der Waals surface area (Å²) in [5.41, 5.74) is 7.99. The van der Waals surface area contributed by atoms with Gasteiger partial charge in [-0.15, -0.1) is 0 Å². The molecule has 4 atom stereocenters. The van der Waals surface area contributed by atoms with Crippen molar-refractivity contribution in [3.8, 4) is 11.5 Å². The summed E-state index contributed by atoms with van der Waals surface area (Å²) < 4.78 is 12.7. The van der Waals surface area contributed by atoms with Crippen LogP contribution in [0.4, 0.5) is 0 Å². The minimum absolute atomic E-state index is 0.0603. The van der Waals surface area contributed by atoms with Crippen LogP contribution in [0.2, 0.25) is 0 Å². The molecule has 0 radical (unpaired) electrons. The number of hydrogen-bond acceptors (Lipinski definition) is 4. The van der Waals surface area contributed by atoms with Crippen molar-refractivity contribution >= 4 is 5.91 Å². The van der Waals surface area contributed by atoms with Gasteiger partial charge in [-0.3, -0.25) is 4.79 Å². The summed E-state index contributed by atoms with van der Waals surface area (Å²) in [5.74, 6) is 2.25. The lowest BCUT2D eigenvalue weighted by Gasteiger charge is -2.57. The van der Waals surface area contributed by atoms with Gasteiger partial charge in [0.15, 0.2) is 11.5 Å². The van der Waals surface area contributed by atoms with Crippen LogP contribution in [0.25, 0.3) is 0 Å². The molecule has 2 aliphatic heterocycles. The number of methoxy groups -OCH3 is 1. The van der Waals surface area contributed by atoms with Crippen LogP contribution in [0.15, 0.2) is 42.5 Å². The number of H-pyrrole nitrogens is 1. The Bertz CT molecular complexity index is 1430. The molecule has 198 valence electrons. The highest BCUT2D eigenvalue weighted by molar-refractivity contribution is 5.95. The van der Waals surface area contributed by atoms with Crippen molar-refractivity contribution in [2.75, 3.05) is 20.7 Å². The summed E-state index contributed by atoms with van der Waals surface area (Å²) in [6, 6.07) is 15.1. The van der Waals surface area contributed by atoms with Gasteiger partial charge in [0.1, 0.15) is 11.8 Å². The summed E-state index contributed by atoms with van der Waals surface area (Å²) in [6.07, 6.45) is 2.93. The van der Waals surface area contributed by atoms with Crippen molar-refractivity contribution in [3.63, 3.8) is 0 Å². The fraction of sp³-hybridized carbons (Fsp3) is 0.469. The van der Waals surface area contributed by atoms with E-state index in [2.05, 4.69) is 62.0 Å². The zero-order valence-corrected chi connectivity index (χ0v) is 23.0. The van der Waals surface area contributed by atoms with Crippen LogP contribution in [0, 0.1) is 12.8 Å². The molecule has 1 spiro atoms. The highest BCUT2D eigenvalue weighted by Gasteiger charge is 2.65. The molecule has 7 rings (SSSR count). The molecule has 1 fully saturated rings. The van der Waals surface area contributed by atoms with E-state index in [1.165, 1.54) is 16.7 Å². The fourth-order valence-corrected chi connectivity index (χ4v) is 8.06. The zero-order valence-electron chi connectivity index (χ0n) is 23.0. The molecule has 2 aliphatic carbocycles. The van der Waals surface area contributed by atoms with Gasteiger partial charge in [-0.05, 0) is 87.9 Å². The van der Waals surface area contributed by atoms with Crippen molar-refractivity contribution in [3.05, 3.63) is 81.7 Å². The molecule has 4 aliphatic rings. The molecule has 6 heteroatoms. The molecule has 2 bridgehead atoms. The van der Waals surface area contributed by atoms with Gasteiger partial charge < -0.3 is 24.3 Å². The van der Waals surface area contributed by atoms with E-state index in [9.17, 15) is 4.79 Å². The SMILES string of the molecule is COc1ccc2c3c1O[C@H]1c4[nH]c(C(=O)N(Cc5ccccc5)C(C)C)c(C)c4C[C@H]4[C@H](C2)N(C)CC[C@]314. The maximum absolute atomic E-state index is 14.1. The number of ether oxygens (including phenoxy) is 2. The summed E-state index contributed by atoms with van der Waals surface area (Å²) in [7, 11) is 4.00. The number of carbonyl (C=O) groups is 1. The Morgan fingerprint density at radius 3 is 2.74 bits per heavy atom. The molecule has 1 N–H and O–H groups in total. The standard InChI is InChI=1S/C32H37N3O3/c1-18(2)35(17-20-9-7-6-8-10-20)31(36)27-19(3)22-16-23-24-15-21-11-12-25(37-5)29-26(21)32(23,13-14-34(24)4)30(38-29)28(22)33-27/h6-12,18,23-24,30,33H,13-17H2,1-5H3/t23-,24-,30-,32-/m0/s1. The number of likely N-dealkylation sites (N-methyl/N-ethyl adjacent to an activating group) is 1. The Morgan fingerprint density at radius 1 is 1.21 bits per heavy atom. The summed E-state index contributed by atoms with van der Waals surface area (Å²) in [5, 5.41) is 0. The average molecular weight is 512 g/mol. The van der Waals surface area contributed by atoms with Gasteiger partial charge in [0.25, 0.3) is 5.91 Å². The van der Waals surface area contributed by atoms with E-state index < -0.39 is 0 Å². The molecular weight excluding hydrogens is 474 g/mol. The van der Waals surface area contributed by atoms with Crippen LogP contribution in [0.1, 0.15) is 70.4 Å². The first-order chi connectivity index (χ1) is 18.3. The van der Waals surface area contributed by atoms with Gasteiger partial charge >= 0.3 is 0 Å². The second-order valence-electron chi connectivity index (χ2n) is 12.0. The van der Waals surface area contributed by atoms with E-state index in [1.807, 2.05) is 23.1 Å². The highest BCUT2D eigenvalue weighted by atomic mass is 16.5. The number of likely N-dealkylation sites (tertiary alicyclic amines) is 1. The van der Waals surface area contributed by atoms with Crippen LogP contribution in [-0.2, 0) is 24.8 Å². The van der Waals surface area contributed by atoms with Crippen LogP contribution in [0.3, 0.4) is 0 Å². The highest BCUT2D eigenvalue weighted by Crippen LogP contribution is 2.67. The van der Waals surface area contributed by atoms with Gasteiger partial charge in [-0.2, -0.15) is 0 Å². The summed E-state index contributed by atoms with van der Waals surface area (Å²) in [4.78, 5) is 22.3. The van der Waals surface area contributed by atoms with Gasteiger partial charge in [-0.1, -0.05) is 36.4 Å². The van der Waals surface area contributed by atoms with Gasteiger partial charge in [0.2, 0.25) is 0 Å². The molecule has 6 nitrogen and oxygen atoms in total. The predicted molar refractivity (Wildman–Crippen MR) is 147 cm³/mol. The monoisotopic (exact) mass is 511 g/mol. The molecule has 1 aromatic heterocycles. The van der Waals surface area contributed by atoms with E-state index in [-0.39, 0.29) is 23.5 Å². The van der Waals surface area contributed by atoms with Crippen molar-refractivity contribution in [1.29, 1.82) is 0 Å². The average Bonchev–Trinajstić information content (AvgIpc) is 3.44. The number of piperidine rings is 1. The number of rotatable bonds is 5. The molecular formula is C32H37N3O3. The smallest absolute Gasteiger partial charge is 0.271 e. The number of nitrogens with zero attached hydrogens (tertiary/aromatic N) is 2. The van der Waals surface area contributed by atoms with Gasteiger partial charge in [-0.25, -0.2) is 0 Å². The zero-order chi connectivity index (χ0) is 26.3. The second-order valence-corrected chi connectivity index (χ2v) is 12.0. The Kier molecular flexibility index (Phi) is 5.25. The second kappa shape index (κ2) is 8.37. The first-order valence-electron chi connectivity index (χ1n) is 14.0. The first-order valence-corrected chi connectivity index (χ1v) is 14.0. The van der Waals surface area contributed by atoms with Crippen molar-refractivity contribution in [1.82, 2.24) is 14.8 Å². The first kappa shape index (κ1) is 23.8. The predicted octanol–water partition coefficient (Wildman–Crippen LogP) is 5.19. The van der Waals surface area contributed by atoms with Gasteiger partial charge in [0.05, 0.1) is 12.8 Å². The lowest BCUT2D eigenvalue weighted by molar-refractivity contribution is -0.0256. The molecule has 3 aromatic rings. The molecule has 0 unspecified atom stereocenters. The molecule has 38 heavy (non-hydrogen) atoms. The van der Waals surface area contributed by atoms with E-state index in [4.69, 9.17) is 9.47 Å². The number of nitrogens with one attached hydrogen (secondary N) is 1. The minimum atomic E-state index is -0.125. The number of amides is 1. The van der Waals surface area contributed by atoms with Crippen molar-refractivity contribution in [2.24, 2.45) is 5.92 Å². The van der Waals surface area contributed by atoms with Crippen LogP contribution in [0.5, 0.6) is 11.5 Å². The third-order valence-corrected chi connectivity index (χ3v) is 9.99. The van der Waals surface area contributed by atoms with Crippen molar-refractivity contribution in [2.45, 2.75) is 70.2 Å². The van der Waals surface area contributed by atoms with E-state index in [1.54, 1.807) is 7.11 Å². The van der Waals surface area contributed by atoms with E-state index in [0.29, 0.717) is 24.2 Å². The lowest BCUT2D eigenvalue weighted by atomic mass is 9.51. The number of aromatic amines is 1. The molecule has 0 saturated carbocycles. The number of benzene rings is 2. The van der Waals surface area contributed by atoms with Crippen LogP contribution < -0.4 is 9.47 Å². The maximum Gasteiger partial charge on any atom is 0.271 e. The minimum Gasteiger partial charge on any atom is -0.493 e.